The van der Waals surface area contributed by atoms with Gasteiger partial charge in [-0.2, -0.15) is 0 Å². The molecule has 0 spiro atoms. The summed E-state index contributed by atoms with van der Waals surface area (Å²) in [5.74, 6) is -1.63. The molecule has 1 N–H and O–H groups in total. The molecule has 24 heavy (non-hydrogen) atoms. The second kappa shape index (κ2) is 7.53. The molecule has 2 rings (SSSR count). The van der Waals surface area contributed by atoms with Crippen molar-refractivity contribution in [2.75, 3.05) is 7.05 Å². The van der Waals surface area contributed by atoms with Gasteiger partial charge in [-0.25, -0.2) is 8.78 Å². The van der Waals surface area contributed by atoms with Gasteiger partial charge < -0.3 is 10.0 Å². The molecule has 3 unspecified atom stereocenters. The summed E-state index contributed by atoms with van der Waals surface area (Å²) >= 11 is 0. The van der Waals surface area contributed by atoms with Gasteiger partial charge in [-0.3, -0.25) is 4.79 Å². The van der Waals surface area contributed by atoms with Crippen molar-refractivity contribution >= 4 is 5.91 Å². The standard InChI is InChI=1S/C19H21F2NO2/c1-12-8-7-11-15(20)16(12)17(21)19(24)22(3)13(2)18(23)14-9-5-4-6-10-14/h4-11,13,17-18,23H,1-3H3. The molecule has 0 saturated carbocycles. The summed E-state index contributed by atoms with van der Waals surface area (Å²) < 4.78 is 28.5. The van der Waals surface area contributed by atoms with Crippen molar-refractivity contribution in [3.05, 3.63) is 71.0 Å². The van der Waals surface area contributed by atoms with Crippen molar-refractivity contribution in [1.82, 2.24) is 4.90 Å². The second-order valence-electron chi connectivity index (χ2n) is 5.88. The van der Waals surface area contributed by atoms with Gasteiger partial charge in [0.1, 0.15) is 5.82 Å². The topological polar surface area (TPSA) is 40.5 Å². The van der Waals surface area contributed by atoms with Crippen molar-refractivity contribution in [2.45, 2.75) is 32.2 Å². The molecule has 0 radical (unpaired) electrons. The molecule has 0 heterocycles. The monoisotopic (exact) mass is 333 g/mol. The smallest absolute Gasteiger partial charge is 0.262 e. The zero-order valence-electron chi connectivity index (χ0n) is 13.9. The summed E-state index contributed by atoms with van der Waals surface area (Å²) in [6.45, 7) is 3.18. The Morgan fingerprint density at radius 3 is 2.33 bits per heavy atom. The molecule has 0 aliphatic carbocycles. The second-order valence-corrected chi connectivity index (χ2v) is 5.88. The minimum absolute atomic E-state index is 0.254. The van der Waals surface area contributed by atoms with Crippen LogP contribution in [0.5, 0.6) is 0 Å². The summed E-state index contributed by atoms with van der Waals surface area (Å²) in [6, 6.07) is 12.3. The third-order valence-electron chi connectivity index (χ3n) is 4.30. The Balaban J connectivity index is 2.19. The third kappa shape index (κ3) is 3.62. The lowest BCUT2D eigenvalue weighted by Gasteiger charge is -2.30. The van der Waals surface area contributed by atoms with E-state index in [-0.39, 0.29) is 5.56 Å². The number of aliphatic hydroxyl groups excluding tert-OH is 1. The number of alkyl halides is 1. The number of aryl methyl sites for hydroxylation is 1. The van der Waals surface area contributed by atoms with Crippen LogP contribution in [0.2, 0.25) is 0 Å². The van der Waals surface area contributed by atoms with Crippen LogP contribution < -0.4 is 0 Å². The van der Waals surface area contributed by atoms with Gasteiger partial charge in [0.2, 0.25) is 6.17 Å². The predicted octanol–water partition coefficient (Wildman–Crippen LogP) is 3.73. The lowest BCUT2D eigenvalue weighted by molar-refractivity contribution is -0.139. The number of hydrogen-bond acceptors (Lipinski definition) is 2. The Labute approximate surface area is 140 Å². The van der Waals surface area contributed by atoms with E-state index < -0.39 is 30.0 Å². The number of amides is 1. The number of hydrogen-bond donors (Lipinski definition) is 1. The minimum atomic E-state index is -2.11. The maximum absolute atomic E-state index is 14.6. The Morgan fingerprint density at radius 2 is 1.75 bits per heavy atom. The predicted molar refractivity (Wildman–Crippen MR) is 88.6 cm³/mol. The average Bonchev–Trinajstić information content (AvgIpc) is 2.59. The van der Waals surface area contributed by atoms with E-state index in [1.165, 1.54) is 13.1 Å². The molecule has 0 aliphatic rings. The number of rotatable bonds is 5. The van der Waals surface area contributed by atoms with Crippen LogP contribution >= 0.6 is 0 Å². The first-order valence-corrected chi connectivity index (χ1v) is 7.73. The maximum Gasteiger partial charge on any atom is 0.262 e. The highest BCUT2D eigenvalue weighted by Crippen LogP contribution is 2.28. The number of aliphatic hydroxyl groups is 1. The van der Waals surface area contributed by atoms with E-state index in [1.54, 1.807) is 44.2 Å². The van der Waals surface area contributed by atoms with Gasteiger partial charge in [-0.1, -0.05) is 42.5 Å². The van der Waals surface area contributed by atoms with Crippen LogP contribution in [0.15, 0.2) is 48.5 Å². The first kappa shape index (κ1) is 18.1. The molecule has 2 aromatic rings. The van der Waals surface area contributed by atoms with Gasteiger partial charge in [-0.05, 0) is 31.0 Å². The number of likely N-dealkylation sites (N-methyl/N-ethyl adjacent to an activating group) is 1. The van der Waals surface area contributed by atoms with Gasteiger partial charge in [0, 0.05) is 12.6 Å². The van der Waals surface area contributed by atoms with Crippen molar-refractivity contribution < 1.29 is 18.7 Å². The molecule has 0 saturated heterocycles. The summed E-state index contributed by atoms with van der Waals surface area (Å²) in [7, 11) is 1.40. The van der Waals surface area contributed by atoms with E-state index in [0.717, 1.165) is 11.0 Å². The molecule has 0 aliphatic heterocycles. The average molecular weight is 333 g/mol. The molecule has 0 aromatic heterocycles. The van der Waals surface area contributed by atoms with Gasteiger partial charge in [0.25, 0.3) is 5.91 Å². The van der Waals surface area contributed by atoms with Crippen LogP contribution in [0, 0.1) is 12.7 Å². The summed E-state index contributed by atoms with van der Waals surface area (Å²) in [4.78, 5) is 13.5. The highest BCUT2D eigenvalue weighted by molar-refractivity contribution is 5.82. The number of carbonyl (C=O) groups excluding carboxylic acids is 1. The normalized spacial score (nSPS) is 14.8. The van der Waals surface area contributed by atoms with E-state index in [1.807, 2.05) is 6.07 Å². The van der Waals surface area contributed by atoms with Crippen LogP contribution in [-0.4, -0.2) is 29.0 Å². The van der Waals surface area contributed by atoms with Crippen LogP contribution in [0.3, 0.4) is 0 Å². The lowest BCUT2D eigenvalue weighted by Crippen LogP contribution is -2.41. The fraction of sp³-hybridized carbons (Fsp3) is 0.316. The van der Waals surface area contributed by atoms with Crippen LogP contribution in [0.1, 0.15) is 35.9 Å². The quantitative estimate of drug-likeness (QED) is 0.906. The van der Waals surface area contributed by atoms with Crippen molar-refractivity contribution in [3.63, 3.8) is 0 Å². The number of benzene rings is 2. The lowest BCUT2D eigenvalue weighted by atomic mass is 10.00. The molecule has 5 heteroatoms. The maximum atomic E-state index is 14.6. The van der Waals surface area contributed by atoms with Crippen LogP contribution in [-0.2, 0) is 4.79 Å². The minimum Gasteiger partial charge on any atom is -0.386 e. The first-order chi connectivity index (χ1) is 11.3. The molecular formula is C19H21F2NO2. The number of halogens is 2. The SMILES string of the molecule is Cc1cccc(F)c1C(F)C(=O)N(C)C(C)C(O)c1ccccc1. The fourth-order valence-corrected chi connectivity index (χ4v) is 2.61. The summed E-state index contributed by atoms with van der Waals surface area (Å²) in [5.41, 5.74) is 0.749. The summed E-state index contributed by atoms with van der Waals surface area (Å²) in [6.07, 6.45) is -3.07. The van der Waals surface area contributed by atoms with Gasteiger partial charge in [0.15, 0.2) is 0 Å². The molecule has 3 nitrogen and oxygen atoms in total. The summed E-state index contributed by atoms with van der Waals surface area (Å²) in [5, 5.41) is 10.4. The molecule has 0 fully saturated rings. The van der Waals surface area contributed by atoms with E-state index in [0.29, 0.717) is 11.1 Å². The van der Waals surface area contributed by atoms with Crippen LogP contribution in [0.4, 0.5) is 8.78 Å². The van der Waals surface area contributed by atoms with Gasteiger partial charge in [0.05, 0.1) is 12.1 Å². The van der Waals surface area contributed by atoms with E-state index in [4.69, 9.17) is 0 Å². The zero-order chi connectivity index (χ0) is 17.9. The Hall–Kier alpha value is -2.27. The zero-order valence-corrected chi connectivity index (χ0v) is 13.9. The molecule has 1 amide bonds. The molecular weight excluding hydrogens is 312 g/mol. The van der Waals surface area contributed by atoms with Crippen molar-refractivity contribution in [1.29, 1.82) is 0 Å². The number of nitrogens with zero attached hydrogens (tertiary/aromatic N) is 1. The fourth-order valence-electron chi connectivity index (χ4n) is 2.61. The Bertz CT molecular complexity index is 686. The van der Waals surface area contributed by atoms with Crippen molar-refractivity contribution in [3.8, 4) is 0 Å². The van der Waals surface area contributed by atoms with Gasteiger partial charge >= 0.3 is 0 Å². The third-order valence-corrected chi connectivity index (χ3v) is 4.30. The molecule has 128 valence electrons. The molecule has 0 bridgehead atoms. The van der Waals surface area contributed by atoms with E-state index in [2.05, 4.69) is 0 Å². The molecule has 3 atom stereocenters. The first-order valence-electron chi connectivity index (χ1n) is 7.73. The van der Waals surface area contributed by atoms with E-state index >= 15 is 0 Å². The van der Waals surface area contributed by atoms with Gasteiger partial charge in [-0.15, -0.1) is 0 Å². The largest absolute Gasteiger partial charge is 0.386 e. The highest BCUT2D eigenvalue weighted by Gasteiger charge is 2.32. The van der Waals surface area contributed by atoms with Crippen molar-refractivity contribution in [2.24, 2.45) is 0 Å². The Kier molecular flexibility index (Phi) is 5.67. The molecule has 2 aromatic carbocycles. The Morgan fingerprint density at radius 1 is 1.12 bits per heavy atom. The highest BCUT2D eigenvalue weighted by atomic mass is 19.1. The van der Waals surface area contributed by atoms with Crippen LogP contribution in [0.25, 0.3) is 0 Å². The van der Waals surface area contributed by atoms with E-state index in [9.17, 15) is 18.7 Å². The number of carbonyl (C=O) groups is 1.